The number of nitrogen functional groups attached to an aromatic ring is 1. The molecule has 2 aromatic heterocycles. The Bertz CT molecular complexity index is 1440. The highest BCUT2D eigenvalue weighted by Gasteiger charge is 2.45. The lowest BCUT2D eigenvalue weighted by molar-refractivity contribution is -0.120. The van der Waals surface area contributed by atoms with E-state index in [9.17, 15) is 14.4 Å². The van der Waals surface area contributed by atoms with Crippen molar-refractivity contribution >= 4 is 23.2 Å². The van der Waals surface area contributed by atoms with Crippen molar-refractivity contribution in [2.75, 3.05) is 10.6 Å². The van der Waals surface area contributed by atoms with Gasteiger partial charge in [0.25, 0.3) is 5.91 Å². The first-order valence-corrected chi connectivity index (χ1v) is 10.6. The molecule has 4 heterocycles. The number of rotatable bonds is 0. The molecule has 3 aromatic rings. The van der Waals surface area contributed by atoms with Crippen LogP contribution in [0.5, 0.6) is 5.75 Å². The van der Waals surface area contributed by atoms with Crippen molar-refractivity contribution in [3.05, 3.63) is 47.0 Å². The number of benzene rings is 1. The van der Waals surface area contributed by atoms with Crippen LogP contribution in [0.1, 0.15) is 43.8 Å². The first kappa shape index (κ1) is 21.5. The second-order valence-electron chi connectivity index (χ2n) is 8.75. The minimum atomic E-state index is -1.04. The Morgan fingerprint density at radius 3 is 2.79 bits per heavy atom. The molecule has 1 atom stereocenters. The highest BCUT2D eigenvalue weighted by atomic mass is 19.1. The summed E-state index contributed by atoms with van der Waals surface area (Å²) in [6, 6.07) is 8.04. The second kappa shape index (κ2) is 7.34. The molecule has 0 spiro atoms. The van der Waals surface area contributed by atoms with E-state index >= 15 is 0 Å². The number of anilines is 2. The molecule has 0 aliphatic carbocycles. The lowest BCUT2D eigenvalue weighted by Gasteiger charge is -2.35. The third-order valence-corrected chi connectivity index (χ3v) is 6.14. The Kier molecular flexibility index (Phi) is 4.65. The van der Waals surface area contributed by atoms with Crippen LogP contribution in [0.4, 0.5) is 15.9 Å². The number of hydrogen-bond acceptors (Lipinski definition) is 8. The molecule has 2 bridgehead atoms. The number of fused-ring (bicyclic) bond motifs is 7. The maximum atomic E-state index is 14.4. The topological polar surface area (TPSA) is 135 Å². The Labute approximate surface area is 194 Å². The molecule has 1 aromatic carbocycles. The SMILES string of the molecule is CC1Oc2cc(nnc2N)-c2c(nn(C)c2C#N)CC2=NC(=O)C(C)(C)N2c2ccc(F)cc21. The quantitative estimate of drug-likeness (QED) is 0.541. The molecule has 5 rings (SSSR count). The standard InChI is InChI=1S/C23H21FN8O2/c1-11-13-7-12(24)5-6-16(13)32-19(27-22(33)23(32,2)3)9-15-20(17(10-25)31(4)30-15)14-8-18(34-11)21(26)29-28-14/h5-8,11H,9H2,1-4H3,(H2,26,29). The van der Waals surface area contributed by atoms with Crippen molar-refractivity contribution in [2.45, 2.75) is 38.8 Å². The molecule has 1 unspecified atom stereocenters. The Morgan fingerprint density at radius 2 is 2.06 bits per heavy atom. The first-order valence-electron chi connectivity index (χ1n) is 10.6. The highest BCUT2D eigenvalue weighted by molar-refractivity contribution is 6.17. The van der Waals surface area contributed by atoms with Crippen molar-refractivity contribution < 1.29 is 13.9 Å². The fourth-order valence-corrected chi connectivity index (χ4v) is 4.44. The van der Waals surface area contributed by atoms with Gasteiger partial charge in [0.1, 0.15) is 40.8 Å². The van der Waals surface area contributed by atoms with Crippen LogP contribution in [-0.4, -0.2) is 37.3 Å². The highest BCUT2D eigenvalue weighted by Crippen LogP contribution is 2.40. The molecule has 1 amide bonds. The fraction of sp³-hybridized carbons (Fsp3) is 0.304. The number of nitrogens with zero attached hydrogens (tertiary/aromatic N) is 7. The number of aryl methyl sites for hydroxylation is 1. The number of aromatic nitrogens is 4. The number of nitriles is 1. The van der Waals surface area contributed by atoms with Gasteiger partial charge < -0.3 is 15.4 Å². The molecule has 0 fully saturated rings. The van der Waals surface area contributed by atoms with Gasteiger partial charge in [0.15, 0.2) is 11.6 Å². The Morgan fingerprint density at radius 1 is 1.29 bits per heavy atom. The van der Waals surface area contributed by atoms with Gasteiger partial charge in [-0.05, 0) is 39.0 Å². The zero-order valence-corrected chi connectivity index (χ0v) is 19.0. The van der Waals surface area contributed by atoms with E-state index in [0.29, 0.717) is 34.0 Å². The summed E-state index contributed by atoms with van der Waals surface area (Å²) in [5.74, 6) is -0.0895. The number of amidine groups is 1. The van der Waals surface area contributed by atoms with Crippen molar-refractivity contribution in [1.82, 2.24) is 20.0 Å². The van der Waals surface area contributed by atoms with E-state index in [1.165, 1.54) is 16.8 Å². The molecule has 0 saturated heterocycles. The summed E-state index contributed by atoms with van der Waals surface area (Å²) in [7, 11) is 1.65. The van der Waals surface area contributed by atoms with Gasteiger partial charge in [-0.25, -0.2) is 4.39 Å². The minimum Gasteiger partial charge on any atom is -0.482 e. The molecule has 2 aliphatic heterocycles. The zero-order chi connectivity index (χ0) is 24.4. The van der Waals surface area contributed by atoms with E-state index in [-0.39, 0.29) is 29.6 Å². The Balaban J connectivity index is 1.83. The number of amides is 1. The Hall–Kier alpha value is -4.33. The molecule has 34 heavy (non-hydrogen) atoms. The molecular formula is C23H21FN8O2. The molecule has 2 N–H and O–H groups in total. The molecule has 172 valence electrons. The summed E-state index contributed by atoms with van der Waals surface area (Å²) in [6.07, 6.45) is -0.533. The maximum absolute atomic E-state index is 14.4. The van der Waals surface area contributed by atoms with Crippen molar-refractivity contribution in [1.29, 1.82) is 5.26 Å². The van der Waals surface area contributed by atoms with Gasteiger partial charge in [-0.3, -0.25) is 9.48 Å². The zero-order valence-electron chi connectivity index (χ0n) is 19.0. The van der Waals surface area contributed by atoms with Crippen molar-refractivity contribution in [3.63, 3.8) is 0 Å². The largest absolute Gasteiger partial charge is 0.482 e. The molecule has 11 heteroatoms. The predicted molar refractivity (Wildman–Crippen MR) is 122 cm³/mol. The monoisotopic (exact) mass is 460 g/mol. The van der Waals surface area contributed by atoms with E-state index in [4.69, 9.17) is 10.5 Å². The predicted octanol–water partition coefficient (Wildman–Crippen LogP) is 2.69. The minimum absolute atomic E-state index is 0.0495. The molecule has 10 nitrogen and oxygen atoms in total. The van der Waals surface area contributed by atoms with Crippen LogP contribution in [0, 0.1) is 17.1 Å². The first-order chi connectivity index (χ1) is 16.1. The van der Waals surface area contributed by atoms with Gasteiger partial charge in [0.05, 0.1) is 23.4 Å². The van der Waals surface area contributed by atoms with Crippen molar-refractivity contribution in [2.24, 2.45) is 12.0 Å². The summed E-state index contributed by atoms with van der Waals surface area (Å²) in [5, 5.41) is 22.5. The van der Waals surface area contributed by atoms with Gasteiger partial charge in [-0.1, -0.05) is 0 Å². The van der Waals surface area contributed by atoms with Crippen LogP contribution in [0.3, 0.4) is 0 Å². The van der Waals surface area contributed by atoms with E-state index in [1.54, 1.807) is 44.9 Å². The van der Waals surface area contributed by atoms with Gasteiger partial charge >= 0.3 is 0 Å². The van der Waals surface area contributed by atoms with Crippen LogP contribution < -0.4 is 15.4 Å². The molecule has 0 radical (unpaired) electrons. The van der Waals surface area contributed by atoms with Gasteiger partial charge in [0.2, 0.25) is 0 Å². The number of carbonyl (C=O) groups excluding carboxylic acids is 1. The lowest BCUT2D eigenvalue weighted by atomic mass is 9.97. The van der Waals surface area contributed by atoms with Crippen LogP contribution in [0.15, 0.2) is 29.3 Å². The van der Waals surface area contributed by atoms with Gasteiger partial charge in [-0.2, -0.15) is 15.4 Å². The lowest BCUT2D eigenvalue weighted by Crippen LogP contribution is -2.48. The van der Waals surface area contributed by atoms with E-state index in [2.05, 4.69) is 26.4 Å². The van der Waals surface area contributed by atoms with Crippen LogP contribution in [0.2, 0.25) is 0 Å². The second-order valence-corrected chi connectivity index (χ2v) is 8.75. The normalized spacial score (nSPS) is 18.5. The average molecular weight is 460 g/mol. The average Bonchev–Trinajstić information content (AvgIpc) is 3.20. The van der Waals surface area contributed by atoms with Gasteiger partial charge in [-0.15, -0.1) is 10.2 Å². The summed E-state index contributed by atoms with van der Waals surface area (Å²) in [5.41, 5.74) is 7.62. The smallest absolute Gasteiger partial charge is 0.273 e. The van der Waals surface area contributed by atoms with Crippen LogP contribution in [-0.2, 0) is 18.3 Å². The summed E-state index contributed by atoms with van der Waals surface area (Å²) in [6.45, 7) is 5.26. The molecule has 2 aliphatic rings. The number of hydrogen-bond donors (Lipinski definition) is 1. The number of ether oxygens (including phenoxy) is 1. The van der Waals surface area contributed by atoms with Crippen LogP contribution >= 0.6 is 0 Å². The van der Waals surface area contributed by atoms with Crippen molar-refractivity contribution in [3.8, 4) is 23.1 Å². The van der Waals surface area contributed by atoms with E-state index in [1.807, 2.05) is 0 Å². The third-order valence-electron chi connectivity index (χ3n) is 6.14. The number of carbonyl (C=O) groups is 1. The number of halogens is 1. The maximum Gasteiger partial charge on any atom is 0.273 e. The summed E-state index contributed by atoms with van der Waals surface area (Å²) < 4.78 is 21.9. The summed E-state index contributed by atoms with van der Waals surface area (Å²) >= 11 is 0. The van der Waals surface area contributed by atoms with Crippen LogP contribution in [0.25, 0.3) is 11.3 Å². The number of nitrogens with two attached hydrogens (primary N) is 1. The van der Waals surface area contributed by atoms with Gasteiger partial charge in [0, 0.05) is 18.7 Å². The molecule has 0 saturated carbocycles. The third kappa shape index (κ3) is 3.10. The summed E-state index contributed by atoms with van der Waals surface area (Å²) in [4.78, 5) is 19.0. The number of aliphatic imine (C=N–C) groups is 1. The van der Waals surface area contributed by atoms with E-state index < -0.39 is 17.5 Å². The molecular weight excluding hydrogens is 439 g/mol. The van der Waals surface area contributed by atoms with E-state index in [0.717, 1.165) is 0 Å². The fourth-order valence-electron chi connectivity index (χ4n) is 4.44.